The highest BCUT2D eigenvalue weighted by Crippen LogP contribution is 2.27. The van der Waals surface area contributed by atoms with E-state index in [9.17, 15) is 14.0 Å². The summed E-state index contributed by atoms with van der Waals surface area (Å²) in [7, 11) is 0. The summed E-state index contributed by atoms with van der Waals surface area (Å²) < 4.78 is 22.7. The van der Waals surface area contributed by atoms with Gasteiger partial charge in [0, 0.05) is 23.9 Å². The highest BCUT2D eigenvalue weighted by atomic mass is 19.1. The average molecular weight is 487 g/mol. The maximum atomic E-state index is 14.8. The van der Waals surface area contributed by atoms with Gasteiger partial charge in [-0.15, -0.1) is 0 Å². The second-order valence-electron chi connectivity index (χ2n) is 8.38. The Hall–Kier alpha value is -4.78. The van der Waals surface area contributed by atoms with Crippen molar-refractivity contribution >= 4 is 11.6 Å². The molecule has 0 spiro atoms. The van der Waals surface area contributed by atoms with E-state index in [1.807, 2.05) is 37.3 Å². The van der Waals surface area contributed by atoms with E-state index in [2.05, 4.69) is 15.3 Å². The van der Waals surface area contributed by atoms with Gasteiger partial charge in [0.1, 0.15) is 11.8 Å². The molecule has 9 nitrogen and oxygen atoms in total. The summed E-state index contributed by atoms with van der Waals surface area (Å²) >= 11 is 0. The number of anilines is 2. The lowest BCUT2D eigenvalue weighted by atomic mass is 10.1. The SMILES string of the molecule is Cc1ccc(Cn2c(Nc3ccc(Oc4cccc(C#N)n4)c(F)c3)nc(=O)n(C(C)C)c2=O)cc1. The van der Waals surface area contributed by atoms with Crippen LogP contribution in [-0.4, -0.2) is 19.1 Å². The molecule has 2 heterocycles. The normalized spacial score (nSPS) is 10.8. The van der Waals surface area contributed by atoms with E-state index in [1.165, 1.54) is 28.8 Å². The number of ether oxygens (including phenoxy) is 1. The van der Waals surface area contributed by atoms with Crippen LogP contribution in [0, 0.1) is 24.1 Å². The van der Waals surface area contributed by atoms with Crippen molar-refractivity contribution in [2.24, 2.45) is 0 Å². The Morgan fingerprint density at radius 2 is 1.83 bits per heavy atom. The fraction of sp³-hybridized carbons (Fsp3) is 0.192. The van der Waals surface area contributed by atoms with Gasteiger partial charge in [-0.05, 0) is 44.5 Å². The first-order valence-electron chi connectivity index (χ1n) is 11.2. The third kappa shape index (κ3) is 5.31. The molecule has 0 radical (unpaired) electrons. The number of rotatable bonds is 7. The number of aryl methyl sites for hydroxylation is 1. The predicted octanol–water partition coefficient (Wildman–Crippen LogP) is 4.28. The zero-order valence-corrected chi connectivity index (χ0v) is 19.9. The Labute approximate surface area is 206 Å². The lowest BCUT2D eigenvalue weighted by Crippen LogP contribution is -2.43. The maximum Gasteiger partial charge on any atom is 0.355 e. The summed E-state index contributed by atoms with van der Waals surface area (Å²) in [6.45, 7) is 5.57. The van der Waals surface area contributed by atoms with Crippen LogP contribution in [0.3, 0.4) is 0 Å². The molecular weight excluding hydrogens is 463 g/mol. The van der Waals surface area contributed by atoms with E-state index >= 15 is 0 Å². The van der Waals surface area contributed by atoms with Gasteiger partial charge in [0.25, 0.3) is 0 Å². The van der Waals surface area contributed by atoms with Crippen LogP contribution in [0.25, 0.3) is 0 Å². The Bertz CT molecular complexity index is 1570. The molecule has 0 aliphatic rings. The monoisotopic (exact) mass is 486 g/mol. The van der Waals surface area contributed by atoms with E-state index in [4.69, 9.17) is 10.00 Å². The molecule has 0 unspecified atom stereocenters. The highest BCUT2D eigenvalue weighted by Gasteiger charge is 2.17. The maximum absolute atomic E-state index is 14.8. The van der Waals surface area contributed by atoms with Gasteiger partial charge in [-0.1, -0.05) is 35.9 Å². The minimum Gasteiger partial charge on any atom is -0.436 e. The quantitative estimate of drug-likeness (QED) is 0.414. The molecule has 2 aromatic carbocycles. The van der Waals surface area contributed by atoms with E-state index in [1.54, 1.807) is 19.9 Å². The molecule has 1 N–H and O–H groups in total. The summed E-state index contributed by atoms with van der Waals surface area (Å²) in [5, 5.41) is 11.9. The molecule has 0 amide bonds. The Morgan fingerprint density at radius 3 is 2.50 bits per heavy atom. The van der Waals surface area contributed by atoms with Crippen LogP contribution in [0.1, 0.15) is 36.7 Å². The van der Waals surface area contributed by atoms with Crippen LogP contribution in [0.2, 0.25) is 0 Å². The van der Waals surface area contributed by atoms with Crippen molar-refractivity contribution in [3.63, 3.8) is 0 Å². The molecule has 182 valence electrons. The van der Waals surface area contributed by atoms with E-state index in [0.29, 0.717) is 0 Å². The molecule has 0 saturated heterocycles. The number of pyridine rings is 1. The summed E-state index contributed by atoms with van der Waals surface area (Å²) in [6, 6.07) is 17.8. The summed E-state index contributed by atoms with van der Waals surface area (Å²) in [4.78, 5) is 33.8. The Balaban J connectivity index is 1.67. The third-order valence-electron chi connectivity index (χ3n) is 5.32. The van der Waals surface area contributed by atoms with Crippen LogP contribution in [0.15, 0.2) is 70.3 Å². The molecule has 4 rings (SSSR count). The molecule has 10 heteroatoms. The van der Waals surface area contributed by atoms with Gasteiger partial charge in [-0.3, -0.25) is 4.57 Å². The molecule has 36 heavy (non-hydrogen) atoms. The number of nitriles is 1. The second-order valence-corrected chi connectivity index (χ2v) is 8.38. The minimum atomic E-state index is -0.716. The Morgan fingerprint density at radius 1 is 1.08 bits per heavy atom. The number of hydrogen-bond donors (Lipinski definition) is 1. The summed E-state index contributed by atoms with van der Waals surface area (Å²) in [5.41, 5.74) is 1.06. The van der Waals surface area contributed by atoms with Crippen LogP contribution < -0.4 is 21.4 Å². The van der Waals surface area contributed by atoms with Crippen LogP contribution in [-0.2, 0) is 6.54 Å². The highest BCUT2D eigenvalue weighted by molar-refractivity contribution is 5.55. The molecule has 4 aromatic rings. The minimum absolute atomic E-state index is 0.0149. The molecule has 2 aromatic heterocycles. The molecule has 0 aliphatic carbocycles. The fourth-order valence-corrected chi connectivity index (χ4v) is 3.50. The van der Waals surface area contributed by atoms with Crippen LogP contribution in [0.5, 0.6) is 11.6 Å². The number of hydrogen-bond acceptors (Lipinski definition) is 7. The number of aromatic nitrogens is 4. The van der Waals surface area contributed by atoms with Crippen molar-refractivity contribution in [2.75, 3.05) is 5.32 Å². The van der Waals surface area contributed by atoms with Crippen molar-refractivity contribution in [2.45, 2.75) is 33.4 Å². The largest absolute Gasteiger partial charge is 0.436 e. The standard InChI is InChI=1S/C26H23FN6O3/c1-16(2)33-25(34)31-24(32(26(33)35)15-18-9-7-17(3)8-10-18)30-19-11-12-22(21(27)13-19)36-23-6-4-5-20(14-28)29-23/h4-13,16H,15H2,1-3H3,(H,30,31,34). The third-order valence-corrected chi connectivity index (χ3v) is 5.32. The molecule has 0 atom stereocenters. The van der Waals surface area contributed by atoms with Gasteiger partial charge in [0.15, 0.2) is 11.6 Å². The van der Waals surface area contributed by atoms with Crippen molar-refractivity contribution < 1.29 is 9.13 Å². The first-order chi connectivity index (χ1) is 17.2. The number of benzene rings is 2. The van der Waals surface area contributed by atoms with Gasteiger partial charge < -0.3 is 10.1 Å². The Kier molecular flexibility index (Phi) is 6.92. The number of nitrogens with zero attached hydrogens (tertiary/aromatic N) is 5. The molecule has 0 saturated carbocycles. The fourth-order valence-electron chi connectivity index (χ4n) is 3.50. The number of halogens is 1. The molecule has 0 fully saturated rings. The van der Waals surface area contributed by atoms with E-state index < -0.39 is 23.2 Å². The lowest BCUT2D eigenvalue weighted by molar-refractivity contribution is 0.427. The predicted molar refractivity (Wildman–Crippen MR) is 132 cm³/mol. The first-order valence-corrected chi connectivity index (χ1v) is 11.2. The lowest BCUT2D eigenvalue weighted by Gasteiger charge is -2.17. The van der Waals surface area contributed by atoms with Crippen molar-refractivity contribution in [1.29, 1.82) is 5.26 Å². The van der Waals surface area contributed by atoms with Gasteiger partial charge in [0.05, 0.1) is 6.54 Å². The van der Waals surface area contributed by atoms with E-state index in [-0.39, 0.29) is 35.5 Å². The molecule has 0 bridgehead atoms. The topological polar surface area (TPSA) is 115 Å². The summed E-state index contributed by atoms with van der Waals surface area (Å²) in [5.74, 6) is -0.769. The van der Waals surface area contributed by atoms with Crippen molar-refractivity contribution in [3.8, 4) is 17.7 Å². The van der Waals surface area contributed by atoms with Crippen molar-refractivity contribution in [3.05, 3.63) is 104 Å². The van der Waals surface area contributed by atoms with Gasteiger partial charge in [0.2, 0.25) is 11.8 Å². The molecular formula is C26H23FN6O3. The average Bonchev–Trinajstić information content (AvgIpc) is 2.84. The van der Waals surface area contributed by atoms with Gasteiger partial charge in [-0.2, -0.15) is 10.2 Å². The van der Waals surface area contributed by atoms with Gasteiger partial charge >= 0.3 is 11.4 Å². The van der Waals surface area contributed by atoms with E-state index in [0.717, 1.165) is 21.8 Å². The molecule has 0 aliphatic heterocycles. The first kappa shape index (κ1) is 24.3. The zero-order chi connectivity index (χ0) is 25.8. The summed E-state index contributed by atoms with van der Waals surface area (Å²) in [6.07, 6.45) is 0. The smallest absolute Gasteiger partial charge is 0.355 e. The van der Waals surface area contributed by atoms with Gasteiger partial charge in [-0.25, -0.2) is 23.5 Å². The van der Waals surface area contributed by atoms with Crippen molar-refractivity contribution in [1.82, 2.24) is 19.1 Å². The second kappa shape index (κ2) is 10.2. The zero-order valence-electron chi connectivity index (χ0n) is 19.9. The number of nitrogens with one attached hydrogen (secondary N) is 1. The van der Waals surface area contributed by atoms with Crippen LogP contribution in [0.4, 0.5) is 16.0 Å². The van der Waals surface area contributed by atoms with Crippen LogP contribution >= 0.6 is 0 Å².